The molecule has 112 valence electrons. The van der Waals surface area contributed by atoms with Crippen molar-refractivity contribution in [3.05, 3.63) is 5.89 Å². The van der Waals surface area contributed by atoms with Crippen molar-refractivity contribution in [2.45, 2.75) is 50.9 Å². The van der Waals surface area contributed by atoms with Gasteiger partial charge in [-0.3, -0.25) is 4.79 Å². The van der Waals surface area contributed by atoms with Gasteiger partial charge in [0, 0.05) is 6.04 Å². The molecule has 1 aromatic heterocycles. The minimum absolute atomic E-state index is 0.00796. The molecule has 0 saturated carbocycles. The maximum absolute atomic E-state index is 11.5. The summed E-state index contributed by atoms with van der Waals surface area (Å²) in [5, 5.41) is 11.4. The van der Waals surface area contributed by atoms with E-state index in [1.165, 1.54) is 49.0 Å². The Balaban J connectivity index is 1.75. The largest absolute Gasteiger partial charge is 0.410 e. The molecule has 0 bridgehead atoms. The zero-order valence-corrected chi connectivity index (χ0v) is 13.0. The van der Waals surface area contributed by atoms with Crippen molar-refractivity contribution in [3.8, 4) is 0 Å². The molecule has 0 unspecified atom stereocenters. The summed E-state index contributed by atoms with van der Waals surface area (Å²) < 4.78 is 5.58. The van der Waals surface area contributed by atoms with Crippen LogP contribution in [0.15, 0.2) is 9.64 Å². The van der Waals surface area contributed by atoms with Gasteiger partial charge in [0.15, 0.2) is 6.54 Å². The Labute approximate surface area is 123 Å². The van der Waals surface area contributed by atoms with Gasteiger partial charge < -0.3 is 14.6 Å². The third-order valence-corrected chi connectivity index (χ3v) is 4.01. The Morgan fingerprint density at radius 3 is 2.80 bits per heavy atom. The van der Waals surface area contributed by atoms with Crippen LogP contribution >= 0.6 is 11.8 Å². The Hall–Kier alpha value is -1.08. The number of rotatable bonds is 6. The molecule has 0 radical (unpaired) electrons. The number of carbonyl (C=O) groups is 1. The molecule has 1 aliphatic heterocycles. The molecular weight excluding hydrogens is 276 g/mol. The summed E-state index contributed by atoms with van der Waals surface area (Å²) in [6, 6.07) is 0.157. The summed E-state index contributed by atoms with van der Waals surface area (Å²) >= 11 is 1.29. The molecule has 1 aliphatic rings. The van der Waals surface area contributed by atoms with Crippen molar-refractivity contribution in [3.63, 3.8) is 0 Å². The average molecular weight is 299 g/mol. The lowest BCUT2D eigenvalue weighted by Gasteiger charge is -2.21. The highest BCUT2D eigenvalue weighted by atomic mass is 32.2. The molecule has 2 N–H and O–H groups in total. The normalized spacial score (nSPS) is 16.6. The number of hydrogen-bond acceptors (Lipinski definition) is 5. The van der Waals surface area contributed by atoms with Crippen LogP contribution in [0.5, 0.6) is 0 Å². The van der Waals surface area contributed by atoms with E-state index >= 15 is 0 Å². The summed E-state index contributed by atoms with van der Waals surface area (Å²) in [4.78, 5) is 13.0. The van der Waals surface area contributed by atoms with Crippen LogP contribution in [-0.2, 0) is 11.3 Å². The number of hydrogen-bond donors (Lipinski definition) is 2. The van der Waals surface area contributed by atoms with E-state index in [1.54, 1.807) is 0 Å². The number of quaternary nitrogens is 1. The molecule has 1 fully saturated rings. The van der Waals surface area contributed by atoms with E-state index in [1.807, 2.05) is 13.8 Å². The lowest BCUT2D eigenvalue weighted by molar-refractivity contribution is -0.919. The Morgan fingerprint density at radius 1 is 1.35 bits per heavy atom. The quantitative estimate of drug-likeness (QED) is 0.737. The standard InChI is InChI=1S/C13H22N4O2S/c1-10(2)14-11(18)9-20-13-16-15-12(19-13)8-17-6-4-3-5-7-17/h10H,3-9H2,1-2H3,(H,14,18)/p+1. The molecular formula is C13H23N4O2S+. The molecule has 6 nitrogen and oxygen atoms in total. The molecule has 0 aliphatic carbocycles. The summed E-state index contributed by atoms with van der Waals surface area (Å²) in [5.74, 6) is 0.983. The van der Waals surface area contributed by atoms with Crippen molar-refractivity contribution in [2.24, 2.45) is 0 Å². The van der Waals surface area contributed by atoms with Gasteiger partial charge in [0.2, 0.25) is 5.91 Å². The second-order valence-electron chi connectivity index (χ2n) is 5.46. The molecule has 2 heterocycles. The monoisotopic (exact) mass is 299 g/mol. The fraction of sp³-hybridized carbons (Fsp3) is 0.769. The maximum Gasteiger partial charge on any atom is 0.277 e. The van der Waals surface area contributed by atoms with Crippen LogP contribution in [0.4, 0.5) is 0 Å². The number of aromatic nitrogens is 2. The van der Waals surface area contributed by atoms with Crippen LogP contribution in [0.2, 0.25) is 0 Å². The molecule has 0 aromatic carbocycles. The highest BCUT2D eigenvalue weighted by Gasteiger charge is 2.18. The van der Waals surface area contributed by atoms with Crippen LogP contribution in [0, 0.1) is 0 Å². The van der Waals surface area contributed by atoms with E-state index in [4.69, 9.17) is 4.42 Å². The molecule has 1 aromatic rings. The maximum atomic E-state index is 11.5. The Kier molecular flexibility index (Phi) is 5.85. The van der Waals surface area contributed by atoms with Gasteiger partial charge in [0.25, 0.3) is 11.1 Å². The van der Waals surface area contributed by atoms with E-state index in [9.17, 15) is 4.79 Å². The molecule has 0 atom stereocenters. The van der Waals surface area contributed by atoms with Gasteiger partial charge in [0.05, 0.1) is 18.8 Å². The van der Waals surface area contributed by atoms with E-state index < -0.39 is 0 Å². The number of nitrogens with zero attached hydrogens (tertiary/aromatic N) is 2. The third-order valence-electron chi connectivity index (χ3n) is 3.19. The number of piperidine rings is 1. The van der Waals surface area contributed by atoms with E-state index in [0.29, 0.717) is 16.9 Å². The molecule has 7 heteroatoms. The number of carbonyl (C=O) groups excluding carboxylic acids is 1. The smallest absolute Gasteiger partial charge is 0.277 e. The van der Waals surface area contributed by atoms with Crippen molar-refractivity contribution in [1.29, 1.82) is 0 Å². The first-order valence-corrected chi connectivity index (χ1v) is 8.20. The summed E-state index contributed by atoms with van der Waals surface area (Å²) in [6.45, 7) is 7.04. The lowest BCUT2D eigenvalue weighted by Crippen LogP contribution is -3.11. The second kappa shape index (κ2) is 7.64. The van der Waals surface area contributed by atoms with Gasteiger partial charge >= 0.3 is 0 Å². The second-order valence-corrected chi connectivity index (χ2v) is 6.39. The first-order valence-electron chi connectivity index (χ1n) is 7.21. The first kappa shape index (κ1) is 15.3. The molecule has 2 rings (SSSR count). The molecule has 1 amide bonds. The van der Waals surface area contributed by atoms with Crippen molar-refractivity contribution >= 4 is 17.7 Å². The highest BCUT2D eigenvalue weighted by Crippen LogP contribution is 2.15. The van der Waals surface area contributed by atoms with Crippen LogP contribution in [0.25, 0.3) is 0 Å². The van der Waals surface area contributed by atoms with E-state index in [0.717, 1.165) is 6.54 Å². The number of nitrogens with one attached hydrogen (secondary N) is 2. The van der Waals surface area contributed by atoms with Crippen molar-refractivity contribution < 1.29 is 14.1 Å². The van der Waals surface area contributed by atoms with Crippen molar-refractivity contribution in [2.75, 3.05) is 18.8 Å². The zero-order chi connectivity index (χ0) is 14.4. The summed E-state index contributed by atoms with van der Waals surface area (Å²) in [6.07, 6.45) is 3.89. The topological polar surface area (TPSA) is 72.5 Å². The van der Waals surface area contributed by atoms with E-state index in [2.05, 4.69) is 15.5 Å². The van der Waals surface area contributed by atoms with Gasteiger partial charge in [-0.05, 0) is 33.1 Å². The summed E-state index contributed by atoms with van der Waals surface area (Å²) in [7, 11) is 0. The van der Waals surface area contributed by atoms with Crippen molar-refractivity contribution in [1.82, 2.24) is 15.5 Å². The predicted molar refractivity (Wildman–Crippen MR) is 76.6 cm³/mol. The molecule has 1 saturated heterocycles. The van der Waals surface area contributed by atoms with E-state index in [-0.39, 0.29) is 11.9 Å². The van der Waals surface area contributed by atoms with Crippen LogP contribution < -0.4 is 10.2 Å². The first-order chi connectivity index (χ1) is 9.63. The predicted octanol–water partition coefficient (Wildman–Crippen LogP) is 0.255. The average Bonchev–Trinajstić information content (AvgIpc) is 2.84. The highest BCUT2D eigenvalue weighted by molar-refractivity contribution is 7.99. The zero-order valence-electron chi connectivity index (χ0n) is 12.1. The van der Waals surface area contributed by atoms with Gasteiger partial charge in [-0.1, -0.05) is 11.8 Å². The van der Waals surface area contributed by atoms with Gasteiger partial charge in [-0.25, -0.2) is 0 Å². The minimum Gasteiger partial charge on any atom is -0.410 e. The number of thioether (sulfide) groups is 1. The molecule has 0 spiro atoms. The van der Waals surface area contributed by atoms with Gasteiger partial charge in [-0.2, -0.15) is 0 Å². The fourth-order valence-corrected chi connectivity index (χ4v) is 2.89. The van der Waals surface area contributed by atoms with Crippen LogP contribution in [0.1, 0.15) is 39.0 Å². The Bertz CT molecular complexity index is 430. The number of likely N-dealkylation sites (tertiary alicyclic amines) is 1. The van der Waals surface area contributed by atoms with Gasteiger partial charge in [-0.15, -0.1) is 10.2 Å². The molecule has 20 heavy (non-hydrogen) atoms. The van der Waals surface area contributed by atoms with Crippen LogP contribution in [-0.4, -0.2) is 41.0 Å². The summed E-state index contributed by atoms with van der Waals surface area (Å²) in [5.41, 5.74) is 0. The lowest BCUT2D eigenvalue weighted by atomic mass is 10.1. The Morgan fingerprint density at radius 2 is 2.10 bits per heavy atom. The van der Waals surface area contributed by atoms with Crippen LogP contribution in [0.3, 0.4) is 0 Å². The minimum atomic E-state index is -0.00796. The SMILES string of the molecule is CC(C)NC(=O)CSc1nnc(C[NH+]2CCCCC2)o1. The number of amides is 1. The third kappa shape index (κ3) is 5.13. The van der Waals surface area contributed by atoms with Gasteiger partial charge in [0.1, 0.15) is 0 Å². The fourth-order valence-electron chi connectivity index (χ4n) is 2.30.